The minimum absolute atomic E-state index is 0.850. The van der Waals surface area contributed by atoms with Crippen molar-refractivity contribution in [3.63, 3.8) is 0 Å². The molecular weight excluding hydrogens is 230 g/mol. The van der Waals surface area contributed by atoms with Gasteiger partial charge in [0.15, 0.2) is 0 Å². The molecule has 1 N–H and O–H groups in total. The summed E-state index contributed by atoms with van der Waals surface area (Å²) in [5.74, 6) is 1.22. The van der Waals surface area contributed by atoms with E-state index in [0.717, 1.165) is 25.3 Å². The third kappa shape index (κ3) is 5.41. The van der Waals surface area contributed by atoms with Gasteiger partial charge in [-0.2, -0.15) is 11.8 Å². The summed E-state index contributed by atoms with van der Waals surface area (Å²) in [4.78, 5) is 6.66. The molecule has 1 heterocycles. The van der Waals surface area contributed by atoms with Crippen molar-refractivity contribution in [2.24, 2.45) is 0 Å². The summed E-state index contributed by atoms with van der Waals surface area (Å²) in [6, 6.07) is 4.25. The van der Waals surface area contributed by atoms with Crippen molar-refractivity contribution >= 4 is 17.4 Å². The second kappa shape index (κ2) is 8.37. The van der Waals surface area contributed by atoms with Gasteiger partial charge >= 0.3 is 0 Å². The maximum atomic E-state index is 4.36. The number of hydrogen-bond acceptors (Lipinski definition) is 4. The Labute approximate surface area is 109 Å². The Morgan fingerprint density at radius 2 is 2.29 bits per heavy atom. The van der Waals surface area contributed by atoms with Gasteiger partial charge in [0.25, 0.3) is 0 Å². The number of hydrogen-bond donors (Lipinski definition) is 1. The smallest absolute Gasteiger partial charge is 0.0562 e. The summed E-state index contributed by atoms with van der Waals surface area (Å²) in [6.45, 7) is 5.04. The molecule has 0 aliphatic rings. The Balaban J connectivity index is 2.51. The number of pyridine rings is 1. The van der Waals surface area contributed by atoms with Gasteiger partial charge in [-0.1, -0.05) is 6.92 Å². The summed E-state index contributed by atoms with van der Waals surface area (Å²) in [7, 11) is 2.15. The van der Waals surface area contributed by atoms with Crippen LogP contribution >= 0.6 is 11.8 Å². The van der Waals surface area contributed by atoms with Crippen LogP contribution in [-0.2, 0) is 6.54 Å². The fraction of sp³-hybridized carbons (Fsp3) is 0.615. The first-order valence-electron chi connectivity index (χ1n) is 6.13. The maximum absolute atomic E-state index is 4.36. The molecule has 0 bridgehead atoms. The largest absolute Gasteiger partial charge is 0.374 e. The maximum Gasteiger partial charge on any atom is 0.0562 e. The molecule has 0 saturated heterocycles. The van der Waals surface area contributed by atoms with Gasteiger partial charge in [0.2, 0.25) is 0 Å². The van der Waals surface area contributed by atoms with Gasteiger partial charge in [-0.25, -0.2) is 0 Å². The third-order valence-corrected chi connectivity index (χ3v) is 3.34. The normalized spacial score (nSPS) is 10.5. The Bertz CT molecular complexity index is 317. The fourth-order valence-electron chi connectivity index (χ4n) is 1.63. The standard InChI is InChI=1S/C13H23N3S/c1-4-14-11-12-10-13(6-7-15-12)16(2)8-5-9-17-3/h6-7,10,14H,4-5,8-9,11H2,1-3H3. The molecule has 1 rings (SSSR count). The molecule has 0 aliphatic carbocycles. The lowest BCUT2D eigenvalue weighted by molar-refractivity contribution is 0.710. The summed E-state index contributed by atoms with van der Waals surface area (Å²) in [6.07, 6.45) is 5.27. The molecule has 0 amide bonds. The van der Waals surface area contributed by atoms with Crippen molar-refractivity contribution in [1.82, 2.24) is 10.3 Å². The molecule has 1 aromatic rings. The highest BCUT2D eigenvalue weighted by Crippen LogP contribution is 2.13. The van der Waals surface area contributed by atoms with E-state index in [1.807, 2.05) is 18.0 Å². The molecule has 0 atom stereocenters. The van der Waals surface area contributed by atoms with Crippen LogP contribution < -0.4 is 10.2 Å². The van der Waals surface area contributed by atoms with Crippen LogP contribution in [0.25, 0.3) is 0 Å². The van der Waals surface area contributed by atoms with E-state index in [4.69, 9.17) is 0 Å². The van der Waals surface area contributed by atoms with E-state index in [0.29, 0.717) is 0 Å². The quantitative estimate of drug-likeness (QED) is 0.720. The highest BCUT2D eigenvalue weighted by atomic mass is 32.2. The van der Waals surface area contributed by atoms with Crippen LogP contribution in [0.3, 0.4) is 0 Å². The van der Waals surface area contributed by atoms with Crippen LogP contribution in [0.1, 0.15) is 19.0 Å². The predicted octanol–water partition coefficient (Wildman–Crippen LogP) is 2.38. The molecule has 0 spiro atoms. The van der Waals surface area contributed by atoms with Gasteiger partial charge in [-0.15, -0.1) is 0 Å². The lowest BCUT2D eigenvalue weighted by Crippen LogP contribution is -2.20. The Hall–Kier alpha value is -0.740. The summed E-state index contributed by atoms with van der Waals surface area (Å²) in [5.41, 5.74) is 2.37. The third-order valence-electron chi connectivity index (χ3n) is 2.64. The molecule has 17 heavy (non-hydrogen) atoms. The Kier molecular flexibility index (Phi) is 7.05. The predicted molar refractivity (Wildman–Crippen MR) is 77.9 cm³/mol. The molecule has 0 radical (unpaired) electrons. The number of aromatic nitrogens is 1. The van der Waals surface area contributed by atoms with Crippen LogP contribution in [0.2, 0.25) is 0 Å². The summed E-state index contributed by atoms with van der Waals surface area (Å²) in [5, 5.41) is 3.30. The molecule has 0 unspecified atom stereocenters. The lowest BCUT2D eigenvalue weighted by Gasteiger charge is -2.19. The first-order chi connectivity index (χ1) is 8.27. The Morgan fingerprint density at radius 1 is 1.47 bits per heavy atom. The SMILES string of the molecule is CCNCc1cc(N(C)CCCSC)ccn1. The highest BCUT2D eigenvalue weighted by Gasteiger charge is 2.02. The van der Waals surface area contributed by atoms with Crippen LogP contribution in [0.4, 0.5) is 5.69 Å². The van der Waals surface area contributed by atoms with Gasteiger partial charge in [-0.05, 0) is 37.1 Å². The minimum Gasteiger partial charge on any atom is -0.374 e. The summed E-state index contributed by atoms with van der Waals surface area (Å²) >= 11 is 1.90. The first-order valence-corrected chi connectivity index (χ1v) is 7.53. The van der Waals surface area contributed by atoms with E-state index in [9.17, 15) is 0 Å². The monoisotopic (exact) mass is 253 g/mol. The number of nitrogens with one attached hydrogen (secondary N) is 1. The fourth-order valence-corrected chi connectivity index (χ4v) is 2.05. The number of anilines is 1. The van der Waals surface area contributed by atoms with Crippen molar-refractivity contribution in [1.29, 1.82) is 0 Å². The van der Waals surface area contributed by atoms with E-state index in [-0.39, 0.29) is 0 Å². The average molecular weight is 253 g/mol. The van der Waals surface area contributed by atoms with Crippen molar-refractivity contribution in [3.8, 4) is 0 Å². The minimum atomic E-state index is 0.850. The zero-order valence-corrected chi connectivity index (χ0v) is 11.9. The number of rotatable bonds is 8. The molecule has 0 fully saturated rings. The molecule has 96 valence electrons. The molecule has 0 aliphatic heterocycles. The van der Waals surface area contributed by atoms with E-state index in [1.165, 1.54) is 17.9 Å². The van der Waals surface area contributed by atoms with Crippen LogP contribution in [-0.4, -0.2) is 37.1 Å². The van der Waals surface area contributed by atoms with E-state index < -0.39 is 0 Å². The second-order valence-electron chi connectivity index (χ2n) is 4.05. The molecule has 4 heteroatoms. The molecule has 3 nitrogen and oxygen atoms in total. The molecule has 0 aromatic carbocycles. The molecule has 0 saturated carbocycles. The zero-order chi connectivity index (χ0) is 12.5. The first kappa shape index (κ1) is 14.3. The van der Waals surface area contributed by atoms with Crippen LogP contribution in [0, 0.1) is 0 Å². The van der Waals surface area contributed by atoms with E-state index in [2.05, 4.69) is 47.6 Å². The van der Waals surface area contributed by atoms with Crippen LogP contribution in [0.15, 0.2) is 18.3 Å². The van der Waals surface area contributed by atoms with E-state index in [1.54, 1.807) is 0 Å². The van der Waals surface area contributed by atoms with Crippen LogP contribution in [0.5, 0.6) is 0 Å². The van der Waals surface area contributed by atoms with Gasteiger partial charge in [0.05, 0.1) is 5.69 Å². The zero-order valence-electron chi connectivity index (χ0n) is 11.1. The molecular formula is C13H23N3S. The molecule has 1 aromatic heterocycles. The lowest BCUT2D eigenvalue weighted by atomic mass is 10.3. The van der Waals surface area contributed by atoms with Crippen molar-refractivity contribution in [2.45, 2.75) is 19.9 Å². The van der Waals surface area contributed by atoms with Crippen molar-refractivity contribution in [3.05, 3.63) is 24.0 Å². The van der Waals surface area contributed by atoms with E-state index >= 15 is 0 Å². The topological polar surface area (TPSA) is 28.2 Å². The number of nitrogens with zero attached hydrogens (tertiary/aromatic N) is 2. The average Bonchev–Trinajstić information content (AvgIpc) is 2.37. The van der Waals surface area contributed by atoms with Gasteiger partial charge in [-0.3, -0.25) is 4.98 Å². The van der Waals surface area contributed by atoms with Gasteiger partial charge < -0.3 is 10.2 Å². The Morgan fingerprint density at radius 3 is 3.00 bits per heavy atom. The summed E-state index contributed by atoms with van der Waals surface area (Å²) < 4.78 is 0. The number of thioether (sulfide) groups is 1. The van der Waals surface area contributed by atoms with Gasteiger partial charge in [0, 0.05) is 32.0 Å². The highest BCUT2D eigenvalue weighted by molar-refractivity contribution is 7.98. The second-order valence-corrected chi connectivity index (χ2v) is 5.04. The van der Waals surface area contributed by atoms with Gasteiger partial charge in [0.1, 0.15) is 0 Å². The van der Waals surface area contributed by atoms with Crippen molar-refractivity contribution < 1.29 is 0 Å². The van der Waals surface area contributed by atoms with Crippen molar-refractivity contribution in [2.75, 3.05) is 37.0 Å².